The van der Waals surface area contributed by atoms with Gasteiger partial charge in [-0.2, -0.15) is 23.5 Å². The van der Waals surface area contributed by atoms with Gasteiger partial charge in [0.25, 0.3) is 0 Å². The highest BCUT2D eigenvalue weighted by atomic mass is 32.2. The molecular weight excluding hydrogens is 258 g/mol. The van der Waals surface area contributed by atoms with E-state index in [1.807, 2.05) is 0 Å². The van der Waals surface area contributed by atoms with E-state index in [-0.39, 0.29) is 0 Å². The van der Waals surface area contributed by atoms with E-state index in [9.17, 15) is 0 Å². The molecule has 2 aliphatic rings. The van der Waals surface area contributed by atoms with E-state index in [2.05, 4.69) is 49.6 Å². The Kier molecular flexibility index (Phi) is 5.77. The Hall–Kier alpha value is 0.660. The van der Waals surface area contributed by atoms with Gasteiger partial charge < -0.3 is 5.32 Å². The van der Waals surface area contributed by atoms with Gasteiger partial charge in [-0.25, -0.2) is 0 Å². The fraction of sp³-hybridized carbons (Fsp3) is 1.00. The molecule has 3 unspecified atom stereocenters. The van der Waals surface area contributed by atoms with Gasteiger partial charge in [-0.3, -0.25) is 0 Å². The van der Waals surface area contributed by atoms with Gasteiger partial charge in [0.15, 0.2) is 0 Å². The molecule has 1 aliphatic carbocycles. The summed E-state index contributed by atoms with van der Waals surface area (Å²) in [4.78, 5) is 0. The normalized spacial score (nSPS) is 34.5. The Bertz CT molecular complexity index is 243. The van der Waals surface area contributed by atoms with E-state index in [0.29, 0.717) is 5.41 Å². The van der Waals surface area contributed by atoms with E-state index in [4.69, 9.17) is 0 Å². The lowest BCUT2D eigenvalue weighted by Gasteiger charge is -2.41. The Balaban J connectivity index is 1.81. The fourth-order valence-corrected chi connectivity index (χ4v) is 5.97. The lowest BCUT2D eigenvalue weighted by molar-refractivity contribution is 0.132. The fourth-order valence-electron chi connectivity index (χ4n) is 3.35. The van der Waals surface area contributed by atoms with Crippen LogP contribution >= 0.6 is 23.5 Å². The van der Waals surface area contributed by atoms with Crippen molar-refractivity contribution in [1.29, 1.82) is 0 Å². The number of nitrogens with one attached hydrogen (secondary N) is 1. The molecule has 106 valence electrons. The van der Waals surface area contributed by atoms with Crippen LogP contribution in [-0.4, -0.2) is 35.1 Å². The summed E-state index contributed by atoms with van der Waals surface area (Å²) in [6.07, 6.45) is 5.69. The molecule has 0 amide bonds. The molecule has 0 spiro atoms. The number of thioether (sulfide) groups is 2. The molecule has 1 saturated heterocycles. The molecule has 18 heavy (non-hydrogen) atoms. The summed E-state index contributed by atoms with van der Waals surface area (Å²) in [5.41, 5.74) is 0.465. The highest BCUT2D eigenvalue weighted by Crippen LogP contribution is 2.38. The largest absolute Gasteiger partial charge is 0.313 e. The minimum atomic E-state index is 0.465. The van der Waals surface area contributed by atoms with E-state index in [0.717, 1.165) is 17.2 Å². The molecule has 0 aromatic rings. The van der Waals surface area contributed by atoms with Crippen molar-refractivity contribution in [3.63, 3.8) is 0 Å². The van der Waals surface area contributed by atoms with E-state index in [1.54, 1.807) is 0 Å². The summed E-state index contributed by atoms with van der Waals surface area (Å²) in [5.74, 6) is 4.93. The zero-order valence-corrected chi connectivity index (χ0v) is 13.8. The smallest absolute Gasteiger partial charge is 0.0263 e. The predicted octanol–water partition coefficient (Wildman–Crippen LogP) is 4.03. The van der Waals surface area contributed by atoms with Gasteiger partial charge in [0.2, 0.25) is 0 Å². The van der Waals surface area contributed by atoms with Crippen LogP contribution in [0.1, 0.15) is 46.5 Å². The average Bonchev–Trinajstić information content (AvgIpc) is 2.37. The maximum absolute atomic E-state index is 3.91. The third-order valence-corrected chi connectivity index (χ3v) is 7.22. The molecule has 1 heterocycles. The molecule has 0 bridgehead atoms. The molecule has 1 aliphatic heterocycles. The van der Waals surface area contributed by atoms with Crippen LogP contribution in [0.25, 0.3) is 0 Å². The van der Waals surface area contributed by atoms with Crippen LogP contribution in [0.4, 0.5) is 0 Å². The van der Waals surface area contributed by atoms with E-state index < -0.39 is 0 Å². The second-order valence-corrected chi connectivity index (χ2v) is 9.40. The maximum atomic E-state index is 3.91. The monoisotopic (exact) mass is 287 g/mol. The molecule has 1 saturated carbocycles. The lowest BCUT2D eigenvalue weighted by Crippen LogP contribution is -2.46. The molecule has 0 radical (unpaired) electrons. The van der Waals surface area contributed by atoms with Crippen LogP contribution in [0.5, 0.6) is 0 Å². The van der Waals surface area contributed by atoms with Gasteiger partial charge in [0.1, 0.15) is 0 Å². The SMILES string of the molecule is CC(C)(C)C1CCCCC1NCC1CSCCS1. The average molecular weight is 288 g/mol. The first-order valence-corrected chi connectivity index (χ1v) is 9.70. The summed E-state index contributed by atoms with van der Waals surface area (Å²) >= 11 is 4.31. The number of hydrogen-bond acceptors (Lipinski definition) is 3. The van der Waals surface area contributed by atoms with E-state index >= 15 is 0 Å². The Morgan fingerprint density at radius 2 is 1.89 bits per heavy atom. The first-order valence-electron chi connectivity index (χ1n) is 7.50. The molecule has 1 N–H and O–H groups in total. The third kappa shape index (κ3) is 4.35. The van der Waals surface area contributed by atoms with Gasteiger partial charge in [0, 0.05) is 35.1 Å². The minimum absolute atomic E-state index is 0.465. The molecule has 2 rings (SSSR count). The molecule has 0 aromatic carbocycles. The van der Waals surface area contributed by atoms with Gasteiger partial charge in [-0.05, 0) is 24.2 Å². The predicted molar refractivity (Wildman–Crippen MR) is 86.8 cm³/mol. The van der Waals surface area contributed by atoms with Crippen LogP contribution in [0.15, 0.2) is 0 Å². The van der Waals surface area contributed by atoms with Crippen LogP contribution in [0, 0.1) is 11.3 Å². The van der Waals surface area contributed by atoms with Crippen molar-refractivity contribution in [2.75, 3.05) is 23.8 Å². The molecule has 0 aromatic heterocycles. The number of hydrogen-bond donors (Lipinski definition) is 1. The minimum Gasteiger partial charge on any atom is -0.313 e. The number of rotatable bonds is 3. The quantitative estimate of drug-likeness (QED) is 0.842. The van der Waals surface area contributed by atoms with Crippen LogP contribution in [0.2, 0.25) is 0 Å². The Morgan fingerprint density at radius 1 is 1.11 bits per heavy atom. The zero-order valence-electron chi connectivity index (χ0n) is 12.2. The summed E-state index contributed by atoms with van der Waals surface area (Å²) < 4.78 is 0. The van der Waals surface area contributed by atoms with Crippen LogP contribution in [0.3, 0.4) is 0 Å². The Morgan fingerprint density at radius 3 is 2.56 bits per heavy atom. The molecule has 1 nitrogen and oxygen atoms in total. The van der Waals surface area contributed by atoms with Crippen molar-refractivity contribution in [2.45, 2.75) is 57.7 Å². The lowest BCUT2D eigenvalue weighted by atomic mass is 9.69. The second-order valence-electron chi connectivity index (χ2n) is 6.84. The van der Waals surface area contributed by atoms with E-state index in [1.165, 1.54) is 49.5 Å². The second kappa shape index (κ2) is 6.90. The molecule has 3 atom stereocenters. The van der Waals surface area contributed by atoms with Crippen LogP contribution < -0.4 is 5.32 Å². The molecule has 3 heteroatoms. The van der Waals surface area contributed by atoms with Crippen molar-refractivity contribution in [2.24, 2.45) is 11.3 Å². The summed E-state index contributed by atoms with van der Waals surface area (Å²) in [7, 11) is 0. The van der Waals surface area contributed by atoms with Crippen molar-refractivity contribution < 1.29 is 0 Å². The third-order valence-electron chi connectivity index (χ3n) is 4.37. The highest BCUT2D eigenvalue weighted by Gasteiger charge is 2.34. The van der Waals surface area contributed by atoms with Crippen molar-refractivity contribution in [3.8, 4) is 0 Å². The van der Waals surface area contributed by atoms with Crippen LogP contribution in [-0.2, 0) is 0 Å². The van der Waals surface area contributed by atoms with Crippen molar-refractivity contribution in [3.05, 3.63) is 0 Å². The molecule has 2 fully saturated rings. The van der Waals surface area contributed by atoms with Crippen molar-refractivity contribution >= 4 is 23.5 Å². The Labute approximate surface area is 122 Å². The zero-order chi connectivity index (χ0) is 13.0. The molecular formula is C15H29NS2. The first-order chi connectivity index (χ1) is 8.57. The van der Waals surface area contributed by atoms with Crippen molar-refractivity contribution in [1.82, 2.24) is 5.32 Å². The summed E-state index contributed by atoms with van der Waals surface area (Å²) in [6, 6.07) is 0.770. The standard InChI is InChI=1S/C15H29NS2/c1-15(2,3)13-6-4-5-7-14(13)16-10-12-11-17-8-9-18-12/h12-14,16H,4-11H2,1-3H3. The summed E-state index contributed by atoms with van der Waals surface area (Å²) in [5, 5.41) is 4.77. The van der Waals surface area contributed by atoms with Gasteiger partial charge in [-0.15, -0.1) is 0 Å². The summed E-state index contributed by atoms with van der Waals surface area (Å²) in [6.45, 7) is 8.49. The highest BCUT2D eigenvalue weighted by molar-refractivity contribution is 8.06. The van der Waals surface area contributed by atoms with Gasteiger partial charge in [-0.1, -0.05) is 33.6 Å². The van der Waals surface area contributed by atoms with Gasteiger partial charge in [0.05, 0.1) is 0 Å². The first kappa shape index (κ1) is 15.1. The van der Waals surface area contributed by atoms with Gasteiger partial charge >= 0.3 is 0 Å². The topological polar surface area (TPSA) is 12.0 Å². The maximum Gasteiger partial charge on any atom is 0.0263 e.